The van der Waals surface area contributed by atoms with Gasteiger partial charge in [0.05, 0.1) is 0 Å². The molecule has 0 aromatic heterocycles. The second-order valence-electron chi connectivity index (χ2n) is 7.00. The average molecular weight is 337 g/mol. The summed E-state index contributed by atoms with van der Waals surface area (Å²) >= 11 is 0. The maximum Gasteiger partial charge on any atom is 0.221 e. The first-order chi connectivity index (χ1) is 12.1. The van der Waals surface area contributed by atoms with E-state index in [1.165, 1.54) is 12.5 Å². The van der Waals surface area contributed by atoms with Crippen LogP contribution in [0, 0.1) is 5.92 Å². The van der Waals surface area contributed by atoms with Gasteiger partial charge in [0.15, 0.2) is 0 Å². The Kier molecular flexibility index (Phi) is 5.71. The summed E-state index contributed by atoms with van der Waals surface area (Å²) in [6.07, 6.45) is 1.12. The third-order valence-electron chi connectivity index (χ3n) is 4.77. The number of rotatable bonds is 5. The maximum atomic E-state index is 11.2. The second kappa shape index (κ2) is 8.17. The zero-order chi connectivity index (χ0) is 17.6. The molecular formula is C21H27N3O. The lowest BCUT2D eigenvalue weighted by Crippen LogP contribution is -2.44. The van der Waals surface area contributed by atoms with Crippen LogP contribution in [0.5, 0.6) is 0 Å². The van der Waals surface area contributed by atoms with Crippen molar-refractivity contribution in [3.8, 4) is 0 Å². The van der Waals surface area contributed by atoms with Crippen molar-refractivity contribution in [2.75, 3.05) is 23.7 Å². The number of hydrogen-bond acceptors (Lipinski definition) is 3. The summed E-state index contributed by atoms with van der Waals surface area (Å²) in [5, 5.41) is 6.49. The van der Waals surface area contributed by atoms with Gasteiger partial charge < -0.3 is 10.6 Å². The van der Waals surface area contributed by atoms with Crippen LogP contribution in [0.2, 0.25) is 0 Å². The molecule has 2 N–H and O–H groups in total. The number of benzene rings is 2. The van der Waals surface area contributed by atoms with Gasteiger partial charge in [-0.2, -0.15) is 0 Å². The zero-order valence-electron chi connectivity index (χ0n) is 15.0. The maximum absolute atomic E-state index is 11.2. The van der Waals surface area contributed by atoms with Crippen molar-refractivity contribution in [1.29, 1.82) is 0 Å². The van der Waals surface area contributed by atoms with Gasteiger partial charge in [0.1, 0.15) is 0 Å². The van der Waals surface area contributed by atoms with E-state index in [4.69, 9.17) is 0 Å². The normalized spacial score (nSPS) is 20.9. The van der Waals surface area contributed by atoms with Crippen LogP contribution in [0.25, 0.3) is 0 Å². The largest absolute Gasteiger partial charge is 0.382 e. The minimum Gasteiger partial charge on any atom is -0.382 e. The molecule has 2 unspecified atom stereocenters. The molecule has 2 aromatic carbocycles. The molecule has 0 bridgehead atoms. The van der Waals surface area contributed by atoms with Gasteiger partial charge in [0, 0.05) is 44.0 Å². The molecule has 0 aliphatic carbocycles. The van der Waals surface area contributed by atoms with Gasteiger partial charge in [-0.05, 0) is 36.1 Å². The number of carbonyl (C=O) groups is 1. The van der Waals surface area contributed by atoms with Crippen molar-refractivity contribution in [3.05, 3.63) is 60.2 Å². The second-order valence-corrected chi connectivity index (χ2v) is 7.00. The standard InChI is InChI=1S/C21H27N3O/c1-16-14-24(15-18-7-4-3-5-8-18)12-11-21(16)23-20-10-6-9-19(13-20)22-17(2)25/h3-10,13,16,21,23H,11-12,14-15H2,1-2H3,(H,22,25). The lowest BCUT2D eigenvalue weighted by molar-refractivity contribution is -0.114. The number of carbonyl (C=O) groups excluding carboxylic acids is 1. The minimum absolute atomic E-state index is 0.0419. The van der Waals surface area contributed by atoms with Crippen LogP contribution in [0.15, 0.2) is 54.6 Å². The molecule has 4 nitrogen and oxygen atoms in total. The molecule has 2 atom stereocenters. The summed E-state index contributed by atoms with van der Waals surface area (Å²) in [5.74, 6) is 0.529. The molecule has 1 aliphatic heterocycles. The highest BCUT2D eigenvalue weighted by atomic mass is 16.1. The highest BCUT2D eigenvalue weighted by molar-refractivity contribution is 5.89. The summed E-state index contributed by atoms with van der Waals surface area (Å²) in [4.78, 5) is 13.7. The molecular weight excluding hydrogens is 310 g/mol. The Labute approximate surface area is 150 Å². The summed E-state index contributed by atoms with van der Waals surface area (Å²) in [6.45, 7) is 7.06. The van der Waals surface area contributed by atoms with E-state index < -0.39 is 0 Å². The van der Waals surface area contributed by atoms with Crippen LogP contribution in [0.3, 0.4) is 0 Å². The monoisotopic (exact) mass is 337 g/mol. The number of anilines is 2. The molecule has 2 aromatic rings. The zero-order valence-corrected chi connectivity index (χ0v) is 15.0. The fourth-order valence-electron chi connectivity index (χ4n) is 3.54. The number of nitrogens with one attached hydrogen (secondary N) is 2. The van der Waals surface area contributed by atoms with E-state index in [0.717, 1.165) is 37.4 Å². The Morgan fingerprint density at radius 1 is 1.12 bits per heavy atom. The van der Waals surface area contributed by atoms with Gasteiger partial charge in [-0.25, -0.2) is 0 Å². The van der Waals surface area contributed by atoms with Crippen LogP contribution in [0.1, 0.15) is 25.8 Å². The molecule has 1 amide bonds. The molecule has 0 saturated carbocycles. The topological polar surface area (TPSA) is 44.4 Å². The Morgan fingerprint density at radius 3 is 2.60 bits per heavy atom. The highest BCUT2D eigenvalue weighted by Gasteiger charge is 2.25. The SMILES string of the molecule is CC(=O)Nc1cccc(NC2CCN(Cc3ccccc3)CC2C)c1. The molecule has 1 heterocycles. The van der Waals surface area contributed by atoms with E-state index in [0.29, 0.717) is 12.0 Å². The molecule has 1 saturated heterocycles. The van der Waals surface area contributed by atoms with Crippen molar-refractivity contribution in [3.63, 3.8) is 0 Å². The van der Waals surface area contributed by atoms with Gasteiger partial charge in [-0.15, -0.1) is 0 Å². The van der Waals surface area contributed by atoms with Crippen LogP contribution in [-0.4, -0.2) is 29.9 Å². The van der Waals surface area contributed by atoms with Crippen LogP contribution >= 0.6 is 0 Å². The molecule has 25 heavy (non-hydrogen) atoms. The van der Waals surface area contributed by atoms with Crippen molar-refractivity contribution < 1.29 is 4.79 Å². The summed E-state index contributed by atoms with van der Waals surface area (Å²) in [7, 11) is 0. The number of hydrogen-bond donors (Lipinski definition) is 2. The molecule has 4 heteroatoms. The molecule has 0 spiro atoms. The number of amides is 1. The highest BCUT2D eigenvalue weighted by Crippen LogP contribution is 2.24. The lowest BCUT2D eigenvalue weighted by Gasteiger charge is -2.38. The van der Waals surface area contributed by atoms with E-state index in [1.807, 2.05) is 18.2 Å². The van der Waals surface area contributed by atoms with E-state index >= 15 is 0 Å². The molecule has 0 radical (unpaired) electrons. The lowest BCUT2D eigenvalue weighted by atomic mass is 9.93. The van der Waals surface area contributed by atoms with Gasteiger partial charge in [0.25, 0.3) is 0 Å². The van der Waals surface area contributed by atoms with Crippen molar-refractivity contribution in [2.24, 2.45) is 5.92 Å². The Balaban J connectivity index is 1.56. The van der Waals surface area contributed by atoms with Crippen LogP contribution in [-0.2, 0) is 11.3 Å². The van der Waals surface area contributed by atoms with E-state index in [-0.39, 0.29) is 5.91 Å². The van der Waals surface area contributed by atoms with E-state index in [9.17, 15) is 4.79 Å². The molecule has 1 fully saturated rings. The van der Waals surface area contributed by atoms with E-state index in [1.54, 1.807) is 0 Å². The smallest absolute Gasteiger partial charge is 0.221 e. The minimum atomic E-state index is -0.0419. The van der Waals surface area contributed by atoms with Crippen molar-refractivity contribution in [2.45, 2.75) is 32.9 Å². The third kappa shape index (κ3) is 5.07. The first kappa shape index (κ1) is 17.5. The van der Waals surface area contributed by atoms with Crippen molar-refractivity contribution in [1.82, 2.24) is 4.90 Å². The van der Waals surface area contributed by atoms with Crippen LogP contribution < -0.4 is 10.6 Å². The molecule has 3 rings (SSSR count). The Morgan fingerprint density at radius 2 is 1.88 bits per heavy atom. The van der Waals surface area contributed by atoms with Gasteiger partial charge >= 0.3 is 0 Å². The van der Waals surface area contributed by atoms with E-state index in [2.05, 4.69) is 58.9 Å². The number of piperidine rings is 1. The fraction of sp³-hybridized carbons (Fsp3) is 0.381. The van der Waals surface area contributed by atoms with Crippen LogP contribution in [0.4, 0.5) is 11.4 Å². The predicted octanol–water partition coefficient (Wildman–Crippen LogP) is 3.97. The number of nitrogens with zero attached hydrogens (tertiary/aromatic N) is 1. The summed E-state index contributed by atoms with van der Waals surface area (Å²) < 4.78 is 0. The quantitative estimate of drug-likeness (QED) is 0.868. The molecule has 132 valence electrons. The first-order valence-electron chi connectivity index (χ1n) is 9.00. The Bertz CT molecular complexity index is 701. The Hall–Kier alpha value is -2.33. The predicted molar refractivity (Wildman–Crippen MR) is 104 cm³/mol. The van der Waals surface area contributed by atoms with Gasteiger partial charge in [-0.1, -0.05) is 43.3 Å². The number of likely N-dealkylation sites (tertiary alicyclic amines) is 1. The first-order valence-corrected chi connectivity index (χ1v) is 9.00. The third-order valence-corrected chi connectivity index (χ3v) is 4.77. The average Bonchev–Trinajstić information content (AvgIpc) is 2.58. The summed E-state index contributed by atoms with van der Waals surface area (Å²) in [6, 6.07) is 19.1. The summed E-state index contributed by atoms with van der Waals surface area (Å²) in [5.41, 5.74) is 3.29. The van der Waals surface area contributed by atoms with Crippen molar-refractivity contribution >= 4 is 17.3 Å². The molecule has 1 aliphatic rings. The van der Waals surface area contributed by atoms with Gasteiger partial charge in [0.2, 0.25) is 5.91 Å². The van der Waals surface area contributed by atoms with Gasteiger partial charge in [-0.3, -0.25) is 9.69 Å². The fourth-order valence-corrected chi connectivity index (χ4v) is 3.54.